The first-order valence-electron chi connectivity index (χ1n) is 5.82. The average Bonchev–Trinajstić information content (AvgIpc) is 2.90. The summed E-state index contributed by atoms with van der Waals surface area (Å²) in [6.07, 6.45) is 1.44. The van der Waals surface area contributed by atoms with E-state index in [1.54, 1.807) is 24.3 Å². The molecule has 2 rings (SSSR count). The molecule has 0 atom stereocenters. The SMILES string of the molecule is COC(=O)c1cc(C(=O)C(Cl)(Cl)Cl)cn1-c1ccccc1. The van der Waals surface area contributed by atoms with Gasteiger partial charge < -0.3 is 9.30 Å². The Morgan fingerprint density at radius 2 is 1.76 bits per heavy atom. The number of methoxy groups -OCH3 is 1. The first kappa shape index (κ1) is 15.9. The third-order valence-electron chi connectivity index (χ3n) is 2.77. The summed E-state index contributed by atoms with van der Waals surface area (Å²) in [6.45, 7) is 0. The second-order valence-corrected chi connectivity index (χ2v) is 6.42. The summed E-state index contributed by atoms with van der Waals surface area (Å²) in [5, 5.41) is 0. The number of hydrogen-bond acceptors (Lipinski definition) is 3. The van der Waals surface area contributed by atoms with E-state index in [1.807, 2.05) is 6.07 Å². The van der Waals surface area contributed by atoms with Crippen molar-refractivity contribution in [2.75, 3.05) is 7.11 Å². The van der Waals surface area contributed by atoms with Gasteiger partial charge in [0.25, 0.3) is 3.79 Å². The number of para-hydroxylation sites is 1. The number of Topliss-reactive ketones (excluding diaryl/α,β-unsaturated/α-hetero) is 1. The Balaban J connectivity index is 2.56. The van der Waals surface area contributed by atoms with Crippen LogP contribution in [0.2, 0.25) is 0 Å². The number of aromatic nitrogens is 1. The van der Waals surface area contributed by atoms with Gasteiger partial charge in [-0.25, -0.2) is 4.79 Å². The first-order valence-corrected chi connectivity index (χ1v) is 6.95. The number of esters is 1. The molecule has 0 aliphatic rings. The molecule has 110 valence electrons. The molecule has 0 saturated heterocycles. The fourth-order valence-corrected chi connectivity index (χ4v) is 2.14. The lowest BCUT2D eigenvalue weighted by Gasteiger charge is -2.07. The molecular formula is C14H10Cl3NO3. The molecule has 0 amide bonds. The van der Waals surface area contributed by atoms with Crippen molar-refractivity contribution in [3.63, 3.8) is 0 Å². The van der Waals surface area contributed by atoms with E-state index in [1.165, 1.54) is 23.9 Å². The maximum atomic E-state index is 12.0. The number of benzene rings is 1. The molecule has 0 spiro atoms. The standard InChI is InChI=1S/C14H10Cl3NO3/c1-21-13(20)11-7-9(12(19)14(15,16)17)8-18(11)10-5-3-2-4-6-10/h2-8H,1H3. The number of halogens is 3. The molecule has 21 heavy (non-hydrogen) atoms. The molecule has 0 aliphatic carbocycles. The Morgan fingerprint density at radius 3 is 2.29 bits per heavy atom. The number of nitrogens with zero attached hydrogens (tertiary/aromatic N) is 1. The third-order valence-corrected chi connectivity index (χ3v) is 3.28. The van der Waals surface area contributed by atoms with Gasteiger partial charge in [0.1, 0.15) is 5.69 Å². The van der Waals surface area contributed by atoms with Crippen LogP contribution in [0.4, 0.5) is 0 Å². The molecule has 0 aliphatic heterocycles. The van der Waals surface area contributed by atoms with Gasteiger partial charge in [0, 0.05) is 17.4 Å². The summed E-state index contributed by atoms with van der Waals surface area (Å²) >= 11 is 16.8. The van der Waals surface area contributed by atoms with Crippen LogP contribution in [-0.4, -0.2) is 27.2 Å². The number of alkyl halides is 3. The molecule has 0 N–H and O–H groups in total. The molecule has 7 heteroatoms. The van der Waals surface area contributed by atoms with Gasteiger partial charge in [0.15, 0.2) is 0 Å². The molecule has 1 aromatic heterocycles. The van der Waals surface area contributed by atoms with Gasteiger partial charge in [0.05, 0.1) is 7.11 Å². The largest absolute Gasteiger partial charge is 0.464 e. The lowest BCUT2D eigenvalue weighted by molar-refractivity contribution is 0.0591. The Hall–Kier alpha value is -1.49. The van der Waals surface area contributed by atoms with Gasteiger partial charge in [-0.3, -0.25) is 4.79 Å². The predicted molar refractivity (Wildman–Crippen MR) is 81.7 cm³/mol. The molecule has 0 saturated carbocycles. The van der Waals surface area contributed by atoms with Gasteiger partial charge >= 0.3 is 5.97 Å². The minimum Gasteiger partial charge on any atom is -0.464 e. The van der Waals surface area contributed by atoms with Crippen LogP contribution in [0.3, 0.4) is 0 Å². The molecule has 1 aromatic carbocycles. The van der Waals surface area contributed by atoms with E-state index in [-0.39, 0.29) is 11.3 Å². The van der Waals surface area contributed by atoms with Crippen molar-refractivity contribution in [3.05, 3.63) is 53.9 Å². The summed E-state index contributed by atoms with van der Waals surface area (Å²) in [5.74, 6) is -1.31. The summed E-state index contributed by atoms with van der Waals surface area (Å²) < 4.78 is 4.13. The van der Waals surface area contributed by atoms with Crippen LogP contribution in [0, 0.1) is 0 Å². The Bertz CT molecular complexity index is 675. The van der Waals surface area contributed by atoms with Crippen LogP contribution in [0.5, 0.6) is 0 Å². The monoisotopic (exact) mass is 345 g/mol. The lowest BCUT2D eigenvalue weighted by Crippen LogP contribution is -2.18. The number of carbonyl (C=O) groups excluding carboxylic acids is 2. The van der Waals surface area contributed by atoms with Crippen molar-refractivity contribution < 1.29 is 14.3 Å². The van der Waals surface area contributed by atoms with Crippen LogP contribution in [0.25, 0.3) is 5.69 Å². The minimum absolute atomic E-state index is 0.110. The molecule has 1 heterocycles. The van der Waals surface area contributed by atoms with Crippen molar-refractivity contribution in [1.82, 2.24) is 4.57 Å². The van der Waals surface area contributed by atoms with E-state index in [0.717, 1.165) is 0 Å². The fraction of sp³-hybridized carbons (Fsp3) is 0.143. The van der Waals surface area contributed by atoms with Gasteiger partial charge in [-0.15, -0.1) is 0 Å². The Kier molecular flexibility index (Phi) is 4.61. The molecule has 0 bridgehead atoms. The van der Waals surface area contributed by atoms with Crippen LogP contribution < -0.4 is 0 Å². The number of rotatable bonds is 3. The highest BCUT2D eigenvalue weighted by Gasteiger charge is 2.33. The Labute approximate surface area is 136 Å². The smallest absolute Gasteiger partial charge is 0.355 e. The zero-order chi connectivity index (χ0) is 15.6. The summed E-state index contributed by atoms with van der Waals surface area (Å²) in [5.41, 5.74) is 0.960. The highest BCUT2D eigenvalue weighted by molar-refractivity contribution is 6.77. The fourth-order valence-electron chi connectivity index (χ4n) is 1.81. The van der Waals surface area contributed by atoms with Crippen molar-refractivity contribution in [2.24, 2.45) is 0 Å². The molecule has 0 radical (unpaired) electrons. The van der Waals surface area contributed by atoms with Crippen molar-refractivity contribution >= 4 is 46.6 Å². The maximum Gasteiger partial charge on any atom is 0.355 e. The van der Waals surface area contributed by atoms with Gasteiger partial charge in [-0.1, -0.05) is 53.0 Å². The first-order chi connectivity index (χ1) is 9.84. The summed E-state index contributed by atoms with van der Waals surface area (Å²) in [7, 11) is 1.25. The highest BCUT2D eigenvalue weighted by atomic mass is 35.6. The number of carbonyl (C=O) groups is 2. The van der Waals surface area contributed by atoms with Crippen molar-refractivity contribution in [2.45, 2.75) is 3.79 Å². The predicted octanol–water partition coefficient (Wildman–Crippen LogP) is 3.82. The van der Waals surface area contributed by atoms with Crippen molar-refractivity contribution in [3.8, 4) is 5.69 Å². The number of hydrogen-bond donors (Lipinski definition) is 0. The molecule has 4 nitrogen and oxygen atoms in total. The maximum absolute atomic E-state index is 12.0. The quantitative estimate of drug-likeness (QED) is 0.482. The zero-order valence-electron chi connectivity index (χ0n) is 10.8. The van der Waals surface area contributed by atoms with Crippen LogP contribution in [0.1, 0.15) is 20.8 Å². The summed E-state index contributed by atoms with van der Waals surface area (Å²) in [6, 6.07) is 10.3. The van der Waals surface area contributed by atoms with E-state index in [9.17, 15) is 9.59 Å². The molecule has 0 unspecified atom stereocenters. The van der Waals surface area contributed by atoms with Crippen LogP contribution in [0.15, 0.2) is 42.6 Å². The highest BCUT2D eigenvalue weighted by Crippen LogP contribution is 2.31. The number of ether oxygens (including phenoxy) is 1. The van der Waals surface area contributed by atoms with Crippen LogP contribution >= 0.6 is 34.8 Å². The van der Waals surface area contributed by atoms with E-state index < -0.39 is 15.5 Å². The molecule has 0 fully saturated rings. The number of ketones is 1. The lowest BCUT2D eigenvalue weighted by atomic mass is 10.2. The van der Waals surface area contributed by atoms with Crippen molar-refractivity contribution in [1.29, 1.82) is 0 Å². The van der Waals surface area contributed by atoms with E-state index >= 15 is 0 Å². The van der Waals surface area contributed by atoms with E-state index in [2.05, 4.69) is 0 Å². The third kappa shape index (κ3) is 3.40. The molecular weight excluding hydrogens is 337 g/mol. The average molecular weight is 347 g/mol. The van der Waals surface area contributed by atoms with E-state index in [4.69, 9.17) is 39.5 Å². The summed E-state index contributed by atoms with van der Waals surface area (Å²) in [4.78, 5) is 23.9. The van der Waals surface area contributed by atoms with E-state index in [0.29, 0.717) is 5.69 Å². The normalized spacial score (nSPS) is 11.2. The van der Waals surface area contributed by atoms with Gasteiger partial charge in [0.2, 0.25) is 5.78 Å². The van der Waals surface area contributed by atoms with Gasteiger partial charge in [-0.2, -0.15) is 0 Å². The van der Waals surface area contributed by atoms with Crippen LogP contribution in [-0.2, 0) is 4.74 Å². The molecule has 2 aromatic rings. The zero-order valence-corrected chi connectivity index (χ0v) is 13.1. The topological polar surface area (TPSA) is 48.3 Å². The van der Waals surface area contributed by atoms with Gasteiger partial charge in [-0.05, 0) is 18.2 Å². The second kappa shape index (κ2) is 6.10. The minimum atomic E-state index is -2.09. The Morgan fingerprint density at radius 1 is 1.14 bits per heavy atom. The second-order valence-electron chi connectivity index (χ2n) is 4.14.